The van der Waals surface area contributed by atoms with E-state index in [4.69, 9.17) is 4.74 Å². The second-order valence-corrected chi connectivity index (χ2v) is 3.13. The highest BCUT2D eigenvalue weighted by molar-refractivity contribution is 5.56. The number of hydrogen-bond acceptors (Lipinski definition) is 4. The summed E-state index contributed by atoms with van der Waals surface area (Å²) in [5.41, 5.74) is 0.900. The van der Waals surface area contributed by atoms with Gasteiger partial charge < -0.3 is 9.26 Å². The lowest BCUT2D eigenvalue weighted by Gasteiger charge is -2.04. The monoisotopic (exact) mass is 204 g/mol. The Morgan fingerprint density at radius 1 is 1.40 bits per heavy atom. The maximum atomic E-state index is 5.51. The van der Waals surface area contributed by atoms with Crippen LogP contribution in [0.1, 0.15) is 13.3 Å². The Hall–Kier alpha value is -1.84. The lowest BCUT2D eigenvalue weighted by atomic mass is 10.2. The number of rotatable bonds is 4. The van der Waals surface area contributed by atoms with Crippen LogP contribution in [-0.2, 0) is 0 Å². The van der Waals surface area contributed by atoms with Crippen LogP contribution in [0.2, 0.25) is 0 Å². The van der Waals surface area contributed by atoms with E-state index in [1.807, 2.05) is 24.3 Å². The number of aromatic nitrogens is 2. The number of hydrogen-bond donors (Lipinski definition) is 0. The lowest BCUT2D eigenvalue weighted by molar-refractivity contribution is 0.317. The van der Waals surface area contributed by atoms with Crippen molar-refractivity contribution in [3.63, 3.8) is 0 Å². The Labute approximate surface area is 87.9 Å². The molecule has 0 atom stereocenters. The van der Waals surface area contributed by atoms with E-state index in [1.165, 1.54) is 6.39 Å². The maximum Gasteiger partial charge on any atom is 0.214 e. The summed E-state index contributed by atoms with van der Waals surface area (Å²) in [6.07, 6.45) is 2.31. The van der Waals surface area contributed by atoms with E-state index in [0.29, 0.717) is 5.82 Å². The Balaban J connectivity index is 2.19. The molecule has 78 valence electrons. The Bertz CT molecular complexity index is 412. The molecule has 0 fully saturated rings. The fourth-order valence-corrected chi connectivity index (χ4v) is 1.24. The molecule has 0 saturated carbocycles. The van der Waals surface area contributed by atoms with Crippen molar-refractivity contribution < 1.29 is 9.26 Å². The van der Waals surface area contributed by atoms with Crippen molar-refractivity contribution in [2.75, 3.05) is 6.61 Å². The van der Waals surface area contributed by atoms with Gasteiger partial charge in [-0.05, 0) is 18.6 Å². The standard InChI is InChI=1S/C11H12N2O2/c1-2-6-14-10-5-3-4-9(7-10)11-12-8-15-13-11/h3-5,7-8H,2,6H2,1H3. The zero-order chi connectivity index (χ0) is 10.5. The summed E-state index contributed by atoms with van der Waals surface area (Å²) in [7, 11) is 0. The number of ether oxygens (including phenoxy) is 1. The predicted octanol–water partition coefficient (Wildman–Crippen LogP) is 2.53. The molecule has 1 aromatic carbocycles. The highest BCUT2D eigenvalue weighted by Crippen LogP contribution is 2.20. The van der Waals surface area contributed by atoms with Gasteiger partial charge in [-0.2, -0.15) is 4.98 Å². The highest BCUT2D eigenvalue weighted by Gasteiger charge is 2.03. The van der Waals surface area contributed by atoms with Crippen LogP contribution in [0.3, 0.4) is 0 Å². The first kappa shape index (κ1) is 9.71. The third-order valence-electron chi connectivity index (χ3n) is 1.93. The van der Waals surface area contributed by atoms with Crippen molar-refractivity contribution in [3.8, 4) is 17.1 Å². The molecule has 2 aromatic rings. The van der Waals surface area contributed by atoms with Gasteiger partial charge in [0.1, 0.15) is 5.75 Å². The average molecular weight is 204 g/mol. The summed E-state index contributed by atoms with van der Waals surface area (Å²) in [5.74, 6) is 1.41. The Morgan fingerprint density at radius 3 is 3.07 bits per heavy atom. The second kappa shape index (κ2) is 4.59. The van der Waals surface area contributed by atoms with Gasteiger partial charge in [-0.3, -0.25) is 0 Å². The van der Waals surface area contributed by atoms with Crippen LogP contribution in [0.25, 0.3) is 11.4 Å². The van der Waals surface area contributed by atoms with Gasteiger partial charge in [0.2, 0.25) is 12.2 Å². The molecular weight excluding hydrogens is 192 g/mol. The first-order chi connectivity index (χ1) is 7.40. The quantitative estimate of drug-likeness (QED) is 0.767. The van der Waals surface area contributed by atoms with E-state index in [9.17, 15) is 0 Å². The van der Waals surface area contributed by atoms with E-state index in [1.54, 1.807) is 0 Å². The first-order valence-corrected chi connectivity index (χ1v) is 4.89. The maximum absolute atomic E-state index is 5.51. The fourth-order valence-electron chi connectivity index (χ4n) is 1.24. The molecular formula is C11H12N2O2. The van der Waals surface area contributed by atoms with Crippen LogP contribution in [-0.4, -0.2) is 16.7 Å². The molecule has 0 radical (unpaired) electrons. The van der Waals surface area contributed by atoms with Crippen molar-refractivity contribution in [2.24, 2.45) is 0 Å². The SMILES string of the molecule is CCCOc1cccc(-c2ncon2)c1. The van der Waals surface area contributed by atoms with Crippen LogP contribution >= 0.6 is 0 Å². The summed E-state index contributed by atoms with van der Waals surface area (Å²) in [6, 6.07) is 7.65. The summed E-state index contributed by atoms with van der Waals surface area (Å²) < 4.78 is 10.2. The topological polar surface area (TPSA) is 48.2 Å². The van der Waals surface area contributed by atoms with Crippen LogP contribution < -0.4 is 4.74 Å². The van der Waals surface area contributed by atoms with Crippen molar-refractivity contribution in [2.45, 2.75) is 13.3 Å². The minimum atomic E-state index is 0.581. The summed E-state index contributed by atoms with van der Waals surface area (Å²) in [5, 5.41) is 3.77. The second-order valence-electron chi connectivity index (χ2n) is 3.13. The molecule has 0 N–H and O–H groups in total. The van der Waals surface area contributed by atoms with Gasteiger partial charge in [0.05, 0.1) is 6.61 Å². The Kier molecular flexibility index (Phi) is 2.97. The minimum Gasteiger partial charge on any atom is -0.494 e. The van der Waals surface area contributed by atoms with E-state index >= 15 is 0 Å². The van der Waals surface area contributed by atoms with Crippen LogP contribution in [0.15, 0.2) is 35.2 Å². The van der Waals surface area contributed by atoms with Crippen LogP contribution in [0, 0.1) is 0 Å². The largest absolute Gasteiger partial charge is 0.494 e. The van der Waals surface area contributed by atoms with Gasteiger partial charge in [-0.25, -0.2) is 0 Å². The third-order valence-corrected chi connectivity index (χ3v) is 1.93. The molecule has 0 unspecified atom stereocenters. The Morgan fingerprint density at radius 2 is 2.33 bits per heavy atom. The van der Waals surface area contributed by atoms with Gasteiger partial charge in [0.15, 0.2) is 0 Å². The van der Waals surface area contributed by atoms with Crippen molar-refractivity contribution in [1.82, 2.24) is 10.1 Å². The van der Waals surface area contributed by atoms with Crippen molar-refractivity contribution >= 4 is 0 Å². The highest BCUT2D eigenvalue weighted by atomic mass is 16.5. The molecule has 15 heavy (non-hydrogen) atoms. The smallest absolute Gasteiger partial charge is 0.214 e. The van der Waals surface area contributed by atoms with E-state index in [2.05, 4.69) is 21.6 Å². The molecule has 0 aliphatic rings. The normalized spacial score (nSPS) is 10.2. The summed E-state index contributed by atoms with van der Waals surface area (Å²) in [4.78, 5) is 3.97. The lowest BCUT2D eigenvalue weighted by Crippen LogP contribution is -1.94. The zero-order valence-electron chi connectivity index (χ0n) is 8.51. The predicted molar refractivity (Wildman–Crippen MR) is 55.5 cm³/mol. The average Bonchev–Trinajstić information content (AvgIpc) is 2.80. The molecule has 4 nitrogen and oxygen atoms in total. The molecule has 0 aliphatic heterocycles. The van der Waals surface area contributed by atoms with Crippen molar-refractivity contribution in [3.05, 3.63) is 30.7 Å². The van der Waals surface area contributed by atoms with Gasteiger partial charge in [0, 0.05) is 5.56 Å². The number of benzene rings is 1. The molecule has 0 aliphatic carbocycles. The summed E-state index contributed by atoms with van der Waals surface area (Å²) in [6.45, 7) is 2.79. The molecule has 0 saturated heterocycles. The molecule has 0 spiro atoms. The van der Waals surface area contributed by atoms with Crippen LogP contribution in [0.4, 0.5) is 0 Å². The number of nitrogens with zero attached hydrogens (tertiary/aromatic N) is 2. The van der Waals surface area contributed by atoms with Crippen LogP contribution in [0.5, 0.6) is 5.75 Å². The molecule has 4 heteroatoms. The minimum absolute atomic E-state index is 0.581. The molecule has 2 rings (SSSR count). The third kappa shape index (κ3) is 2.34. The fraction of sp³-hybridized carbons (Fsp3) is 0.273. The van der Waals surface area contributed by atoms with Gasteiger partial charge in [-0.15, -0.1) is 0 Å². The van der Waals surface area contributed by atoms with Gasteiger partial charge >= 0.3 is 0 Å². The zero-order valence-corrected chi connectivity index (χ0v) is 8.51. The van der Waals surface area contributed by atoms with E-state index in [-0.39, 0.29) is 0 Å². The molecule has 1 aromatic heterocycles. The van der Waals surface area contributed by atoms with E-state index < -0.39 is 0 Å². The summed E-state index contributed by atoms with van der Waals surface area (Å²) >= 11 is 0. The molecule has 0 bridgehead atoms. The first-order valence-electron chi connectivity index (χ1n) is 4.89. The van der Waals surface area contributed by atoms with E-state index in [0.717, 1.165) is 24.3 Å². The molecule has 0 amide bonds. The molecule has 1 heterocycles. The van der Waals surface area contributed by atoms with Crippen molar-refractivity contribution in [1.29, 1.82) is 0 Å². The van der Waals surface area contributed by atoms with Gasteiger partial charge in [-0.1, -0.05) is 24.2 Å². The van der Waals surface area contributed by atoms with Gasteiger partial charge in [0.25, 0.3) is 0 Å².